The molecule has 4 nitrogen and oxygen atoms in total. The Balaban J connectivity index is 1.91. The van der Waals surface area contributed by atoms with Crippen molar-refractivity contribution >= 4 is 11.0 Å². The molecule has 0 N–H and O–H groups in total. The lowest BCUT2D eigenvalue weighted by atomic mass is 10.2. The first kappa shape index (κ1) is 9.84. The molecule has 3 rings (SSSR count). The van der Waals surface area contributed by atoms with Crippen LogP contribution in [0.5, 0.6) is 11.5 Å². The zero-order valence-electron chi connectivity index (χ0n) is 9.25. The standard InChI is InChI=1S/C13H10N2O2/c1-9-2-4-10(5-3-9)16-11-6-7-12-13(8-11)15-17-14-12/h2-8H,1H3. The summed E-state index contributed by atoms with van der Waals surface area (Å²) in [5.41, 5.74) is 2.62. The van der Waals surface area contributed by atoms with Crippen LogP contribution in [0.4, 0.5) is 0 Å². The topological polar surface area (TPSA) is 48.2 Å². The lowest BCUT2D eigenvalue weighted by molar-refractivity contribution is 0.315. The first-order chi connectivity index (χ1) is 8.31. The molecule has 2 aromatic carbocycles. The average molecular weight is 226 g/mol. The van der Waals surface area contributed by atoms with Gasteiger partial charge in [-0.05, 0) is 41.5 Å². The molecule has 0 aliphatic rings. The Morgan fingerprint density at radius 1 is 0.882 bits per heavy atom. The summed E-state index contributed by atoms with van der Waals surface area (Å²) in [6.07, 6.45) is 0. The summed E-state index contributed by atoms with van der Waals surface area (Å²) in [6.45, 7) is 2.04. The quantitative estimate of drug-likeness (QED) is 0.672. The summed E-state index contributed by atoms with van der Waals surface area (Å²) < 4.78 is 10.3. The first-order valence-electron chi connectivity index (χ1n) is 5.28. The van der Waals surface area contributed by atoms with E-state index in [1.54, 1.807) is 6.07 Å². The van der Waals surface area contributed by atoms with E-state index in [0.29, 0.717) is 5.52 Å². The second-order valence-electron chi connectivity index (χ2n) is 3.83. The third-order valence-corrected chi connectivity index (χ3v) is 2.48. The van der Waals surface area contributed by atoms with Crippen molar-refractivity contribution in [1.29, 1.82) is 0 Å². The second kappa shape index (κ2) is 3.90. The number of hydrogen-bond donors (Lipinski definition) is 0. The van der Waals surface area contributed by atoms with Crippen molar-refractivity contribution in [2.45, 2.75) is 6.92 Å². The van der Waals surface area contributed by atoms with Gasteiger partial charge in [0.2, 0.25) is 0 Å². The normalized spacial score (nSPS) is 10.6. The molecule has 0 saturated heterocycles. The van der Waals surface area contributed by atoms with Gasteiger partial charge in [0, 0.05) is 6.07 Å². The minimum Gasteiger partial charge on any atom is -0.457 e. The number of rotatable bonds is 2. The van der Waals surface area contributed by atoms with Crippen molar-refractivity contribution in [2.75, 3.05) is 0 Å². The lowest BCUT2D eigenvalue weighted by Crippen LogP contribution is -1.84. The fraction of sp³-hybridized carbons (Fsp3) is 0.0769. The summed E-state index contributed by atoms with van der Waals surface area (Å²) in [5, 5.41) is 7.51. The van der Waals surface area contributed by atoms with E-state index in [4.69, 9.17) is 4.74 Å². The zero-order valence-corrected chi connectivity index (χ0v) is 9.25. The minimum absolute atomic E-state index is 0.689. The number of nitrogens with zero attached hydrogens (tertiary/aromatic N) is 2. The number of ether oxygens (including phenoxy) is 1. The number of hydrogen-bond acceptors (Lipinski definition) is 4. The SMILES string of the molecule is Cc1ccc(Oc2ccc3nonc3c2)cc1. The van der Waals surface area contributed by atoms with Gasteiger partial charge in [0.1, 0.15) is 22.5 Å². The van der Waals surface area contributed by atoms with Crippen molar-refractivity contribution in [1.82, 2.24) is 10.3 Å². The molecule has 17 heavy (non-hydrogen) atoms. The summed E-state index contributed by atoms with van der Waals surface area (Å²) in [7, 11) is 0. The number of fused-ring (bicyclic) bond motifs is 1. The third kappa shape index (κ3) is 1.97. The van der Waals surface area contributed by atoms with Gasteiger partial charge in [-0.15, -0.1) is 0 Å². The zero-order chi connectivity index (χ0) is 11.7. The van der Waals surface area contributed by atoms with Gasteiger partial charge in [-0.1, -0.05) is 17.7 Å². The summed E-state index contributed by atoms with van der Waals surface area (Å²) in [5.74, 6) is 1.52. The Labute approximate surface area is 97.8 Å². The van der Waals surface area contributed by atoms with Gasteiger partial charge >= 0.3 is 0 Å². The molecule has 0 aliphatic carbocycles. The largest absolute Gasteiger partial charge is 0.457 e. The van der Waals surface area contributed by atoms with Gasteiger partial charge in [0.25, 0.3) is 0 Å². The van der Waals surface area contributed by atoms with Gasteiger partial charge < -0.3 is 4.74 Å². The molecule has 0 atom stereocenters. The van der Waals surface area contributed by atoms with Crippen LogP contribution in [0.2, 0.25) is 0 Å². The van der Waals surface area contributed by atoms with Crippen LogP contribution in [0, 0.1) is 6.92 Å². The molecule has 0 bridgehead atoms. The lowest BCUT2D eigenvalue weighted by Gasteiger charge is -2.05. The molecular weight excluding hydrogens is 216 g/mol. The van der Waals surface area contributed by atoms with Crippen LogP contribution in [-0.2, 0) is 0 Å². The molecule has 0 amide bonds. The molecule has 0 aliphatic heterocycles. The molecule has 0 saturated carbocycles. The highest BCUT2D eigenvalue weighted by atomic mass is 16.6. The second-order valence-corrected chi connectivity index (χ2v) is 3.83. The highest BCUT2D eigenvalue weighted by molar-refractivity contribution is 5.74. The Hall–Kier alpha value is -2.36. The molecule has 0 spiro atoms. The van der Waals surface area contributed by atoms with Crippen LogP contribution in [0.1, 0.15) is 5.56 Å². The first-order valence-corrected chi connectivity index (χ1v) is 5.28. The van der Waals surface area contributed by atoms with Gasteiger partial charge in [-0.3, -0.25) is 0 Å². The minimum atomic E-state index is 0.689. The number of aryl methyl sites for hydroxylation is 1. The molecule has 1 aromatic heterocycles. The predicted octanol–water partition coefficient (Wildman–Crippen LogP) is 3.32. The molecule has 0 fully saturated rings. The molecule has 4 heteroatoms. The van der Waals surface area contributed by atoms with Crippen molar-refractivity contribution < 1.29 is 9.37 Å². The molecular formula is C13H10N2O2. The van der Waals surface area contributed by atoms with Crippen molar-refractivity contribution in [3.63, 3.8) is 0 Å². The third-order valence-electron chi connectivity index (χ3n) is 2.48. The molecule has 1 heterocycles. The Kier molecular flexibility index (Phi) is 2.26. The maximum Gasteiger partial charge on any atom is 0.138 e. The van der Waals surface area contributed by atoms with Crippen LogP contribution >= 0.6 is 0 Å². The molecule has 0 radical (unpaired) electrons. The summed E-state index contributed by atoms with van der Waals surface area (Å²) in [6, 6.07) is 13.3. The summed E-state index contributed by atoms with van der Waals surface area (Å²) >= 11 is 0. The highest BCUT2D eigenvalue weighted by Gasteiger charge is 2.03. The monoisotopic (exact) mass is 226 g/mol. The average Bonchev–Trinajstić information content (AvgIpc) is 2.79. The molecule has 0 unspecified atom stereocenters. The van der Waals surface area contributed by atoms with Gasteiger partial charge in [0.05, 0.1) is 0 Å². The van der Waals surface area contributed by atoms with E-state index >= 15 is 0 Å². The Bertz CT molecular complexity index is 644. The highest BCUT2D eigenvalue weighted by Crippen LogP contribution is 2.24. The fourth-order valence-corrected chi connectivity index (χ4v) is 1.57. The maximum absolute atomic E-state index is 5.70. The fourth-order valence-electron chi connectivity index (χ4n) is 1.57. The maximum atomic E-state index is 5.70. The van der Waals surface area contributed by atoms with Crippen molar-refractivity contribution in [2.24, 2.45) is 0 Å². The van der Waals surface area contributed by atoms with E-state index in [1.165, 1.54) is 5.56 Å². The Morgan fingerprint density at radius 3 is 2.41 bits per heavy atom. The van der Waals surface area contributed by atoms with E-state index in [-0.39, 0.29) is 0 Å². The van der Waals surface area contributed by atoms with Crippen molar-refractivity contribution in [3.8, 4) is 11.5 Å². The molecule has 84 valence electrons. The number of aromatic nitrogens is 2. The molecule has 3 aromatic rings. The van der Waals surface area contributed by atoms with E-state index in [0.717, 1.165) is 17.0 Å². The van der Waals surface area contributed by atoms with Crippen LogP contribution < -0.4 is 4.74 Å². The van der Waals surface area contributed by atoms with Crippen LogP contribution in [0.15, 0.2) is 47.1 Å². The predicted molar refractivity (Wildman–Crippen MR) is 63.1 cm³/mol. The smallest absolute Gasteiger partial charge is 0.138 e. The van der Waals surface area contributed by atoms with E-state index < -0.39 is 0 Å². The van der Waals surface area contributed by atoms with E-state index in [9.17, 15) is 0 Å². The van der Waals surface area contributed by atoms with Gasteiger partial charge in [-0.2, -0.15) is 0 Å². The number of benzene rings is 2. The van der Waals surface area contributed by atoms with Crippen LogP contribution in [0.3, 0.4) is 0 Å². The van der Waals surface area contributed by atoms with Crippen LogP contribution in [-0.4, -0.2) is 10.3 Å². The Morgan fingerprint density at radius 2 is 1.59 bits per heavy atom. The van der Waals surface area contributed by atoms with E-state index in [2.05, 4.69) is 14.9 Å². The van der Waals surface area contributed by atoms with Crippen LogP contribution in [0.25, 0.3) is 11.0 Å². The van der Waals surface area contributed by atoms with Gasteiger partial charge in [0.15, 0.2) is 0 Å². The van der Waals surface area contributed by atoms with E-state index in [1.807, 2.05) is 43.3 Å². The van der Waals surface area contributed by atoms with Gasteiger partial charge in [-0.25, -0.2) is 4.63 Å². The summed E-state index contributed by atoms with van der Waals surface area (Å²) in [4.78, 5) is 0. The van der Waals surface area contributed by atoms with Crippen molar-refractivity contribution in [3.05, 3.63) is 48.0 Å².